The fourth-order valence-corrected chi connectivity index (χ4v) is 1.57. The van der Waals surface area contributed by atoms with E-state index in [4.69, 9.17) is 5.11 Å². The van der Waals surface area contributed by atoms with Crippen molar-refractivity contribution in [2.24, 2.45) is 0 Å². The van der Waals surface area contributed by atoms with Gasteiger partial charge in [0.05, 0.1) is 5.56 Å². The van der Waals surface area contributed by atoms with Crippen molar-refractivity contribution in [1.29, 1.82) is 0 Å². The Kier molecular flexibility index (Phi) is 2.73. The number of aromatic carboxylic acids is 1. The molecule has 0 aliphatic heterocycles. The summed E-state index contributed by atoms with van der Waals surface area (Å²) in [7, 11) is 0. The minimum absolute atomic E-state index is 0.0929. The minimum atomic E-state index is -1.27. The molecule has 0 fully saturated rings. The summed E-state index contributed by atoms with van der Waals surface area (Å²) >= 11 is 0. The summed E-state index contributed by atoms with van der Waals surface area (Å²) in [6, 6.07) is 0.929. The maximum Gasteiger partial charge on any atom is 0.336 e. The Balaban J connectivity index is 3.68. The highest BCUT2D eigenvalue weighted by molar-refractivity contribution is 5.92. The molecule has 5 nitrogen and oxygen atoms in total. The fraction of sp³-hybridized carbons (Fsp3) is 0.364. The first-order valence-corrected chi connectivity index (χ1v) is 4.68. The fourth-order valence-electron chi connectivity index (χ4n) is 1.57. The molecule has 0 bridgehead atoms. The first-order chi connectivity index (χ1) is 7.16. The van der Waals surface area contributed by atoms with Crippen LogP contribution in [0.25, 0.3) is 0 Å². The van der Waals surface area contributed by atoms with Gasteiger partial charge in [-0.3, -0.25) is 0 Å². The van der Waals surface area contributed by atoms with E-state index < -0.39 is 28.6 Å². The molecule has 0 aliphatic carbocycles. The molecule has 0 amide bonds. The van der Waals surface area contributed by atoms with Crippen LogP contribution in [0, 0.1) is 0 Å². The first-order valence-electron chi connectivity index (χ1n) is 4.68. The molecule has 16 heavy (non-hydrogen) atoms. The van der Waals surface area contributed by atoms with Gasteiger partial charge >= 0.3 is 5.97 Å². The number of phenolic OH excluding ortho intramolecular Hbond substituents is 3. The summed E-state index contributed by atoms with van der Waals surface area (Å²) in [5, 5.41) is 37.2. The normalized spacial score (nSPS) is 11.4. The number of carboxylic acid groups (broad SMARTS) is 1. The van der Waals surface area contributed by atoms with E-state index in [2.05, 4.69) is 0 Å². The molecule has 4 N–H and O–H groups in total. The summed E-state index contributed by atoms with van der Waals surface area (Å²) in [5.74, 6) is -3.21. The average molecular weight is 226 g/mol. The maximum absolute atomic E-state index is 11.0. The van der Waals surface area contributed by atoms with Crippen molar-refractivity contribution in [3.05, 3.63) is 17.2 Å². The Morgan fingerprint density at radius 2 is 1.62 bits per heavy atom. The van der Waals surface area contributed by atoms with Gasteiger partial charge in [0.1, 0.15) is 0 Å². The van der Waals surface area contributed by atoms with E-state index in [9.17, 15) is 20.1 Å². The number of carbonyl (C=O) groups is 1. The summed E-state index contributed by atoms with van der Waals surface area (Å²) in [6.07, 6.45) is 0. The van der Waals surface area contributed by atoms with Gasteiger partial charge in [-0.15, -0.1) is 0 Å². The van der Waals surface area contributed by atoms with Crippen LogP contribution in [0.15, 0.2) is 6.07 Å². The Labute approximate surface area is 92.6 Å². The monoisotopic (exact) mass is 226 g/mol. The van der Waals surface area contributed by atoms with Gasteiger partial charge in [0.2, 0.25) is 5.75 Å². The zero-order valence-electron chi connectivity index (χ0n) is 9.27. The third-order valence-electron chi connectivity index (χ3n) is 2.23. The van der Waals surface area contributed by atoms with E-state index in [0.29, 0.717) is 0 Å². The van der Waals surface area contributed by atoms with Crippen molar-refractivity contribution in [3.63, 3.8) is 0 Å². The molecule has 0 spiro atoms. The zero-order chi connectivity index (χ0) is 12.7. The van der Waals surface area contributed by atoms with Crippen LogP contribution in [0.1, 0.15) is 36.7 Å². The smallest absolute Gasteiger partial charge is 0.336 e. The molecule has 5 heteroatoms. The van der Waals surface area contributed by atoms with Crippen molar-refractivity contribution in [2.45, 2.75) is 26.2 Å². The maximum atomic E-state index is 11.0. The van der Waals surface area contributed by atoms with Crippen molar-refractivity contribution in [1.82, 2.24) is 0 Å². The van der Waals surface area contributed by atoms with Crippen LogP contribution in [0.4, 0.5) is 0 Å². The highest BCUT2D eigenvalue weighted by atomic mass is 16.4. The molecule has 0 unspecified atom stereocenters. The van der Waals surface area contributed by atoms with E-state index in [1.165, 1.54) is 0 Å². The van der Waals surface area contributed by atoms with Gasteiger partial charge in [0.25, 0.3) is 0 Å². The van der Waals surface area contributed by atoms with Crippen LogP contribution in [0.2, 0.25) is 0 Å². The molecule has 1 aromatic carbocycles. The summed E-state index contributed by atoms with van der Waals surface area (Å²) in [6.45, 7) is 5.10. The van der Waals surface area contributed by atoms with E-state index >= 15 is 0 Å². The van der Waals surface area contributed by atoms with Gasteiger partial charge in [0.15, 0.2) is 11.5 Å². The minimum Gasteiger partial charge on any atom is -0.504 e. The molecule has 0 saturated heterocycles. The number of aromatic hydroxyl groups is 3. The zero-order valence-corrected chi connectivity index (χ0v) is 9.27. The second-order valence-corrected chi connectivity index (χ2v) is 4.57. The summed E-state index contributed by atoms with van der Waals surface area (Å²) in [4.78, 5) is 11.0. The Bertz CT molecular complexity index is 443. The number of hydrogen-bond donors (Lipinski definition) is 4. The molecule has 0 radical (unpaired) electrons. The largest absolute Gasteiger partial charge is 0.504 e. The molecule has 0 saturated carbocycles. The van der Waals surface area contributed by atoms with Crippen LogP contribution in [-0.2, 0) is 5.41 Å². The van der Waals surface area contributed by atoms with Crippen LogP contribution < -0.4 is 0 Å². The second-order valence-electron chi connectivity index (χ2n) is 4.57. The number of hydrogen-bond acceptors (Lipinski definition) is 4. The van der Waals surface area contributed by atoms with Gasteiger partial charge < -0.3 is 20.4 Å². The number of phenols is 3. The Morgan fingerprint density at radius 1 is 1.12 bits per heavy atom. The predicted molar refractivity (Wildman–Crippen MR) is 57.1 cm³/mol. The predicted octanol–water partition coefficient (Wildman–Crippen LogP) is 1.80. The van der Waals surface area contributed by atoms with Gasteiger partial charge in [-0.2, -0.15) is 0 Å². The Morgan fingerprint density at radius 3 is 2.00 bits per heavy atom. The van der Waals surface area contributed by atoms with Crippen molar-refractivity contribution in [3.8, 4) is 17.2 Å². The highest BCUT2D eigenvalue weighted by Crippen LogP contribution is 2.44. The molecule has 1 aromatic rings. The van der Waals surface area contributed by atoms with Crippen LogP contribution in [0.5, 0.6) is 17.2 Å². The lowest BCUT2D eigenvalue weighted by atomic mass is 9.82. The topological polar surface area (TPSA) is 98.0 Å². The van der Waals surface area contributed by atoms with E-state index in [1.54, 1.807) is 20.8 Å². The summed E-state index contributed by atoms with van der Waals surface area (Å²) in [5.41, 5.74) is -0.793. The van der Waals surface area contributed by atoms with Crippen molar-refractivity contribution >= 4 is 5.97 Å². The quantitative estimate of drug-likeness (QED) is 0.547. The highest BCUT2D eigenvalue weighted by Gasteiger charge is 2.29. The lowest BCUT2D eigenvalue weighted by molar-refractivity contribution is 0.0693. The van der Waals surface area contributed by atoms with E-state index in [1.807, 2.05) is 0 Å². The average Bonchev–Trinajstić information content (AvgIpc) is 2.10. The summed E-state index contributed by atoms with van der Waals surface area (Å²) < 4.78 is 0. The third kappa shape index (κ3) is 1.88. The lowest BCUT2D eigenvalue weighted by Gasteiger charge is -2.23. The van der Waals surface area contributed by atoms with Crippen LogP contribution in [0.3, 0.4) is 0 Å². The van der Waals surface area contributed by atoms with Crippen molar-refractivity contribution < 1.29 is 25.2 Å². The molecule has 0 heterocycles. The van der Waals surface area contributed by atoms with Gasteiger partial charge in [-0.25, -0.2) is 4.79 Å². The third-order valence-corrected chi connectivity index (χ3v) is 2.23. The van der Waals surface area contributed by atoms with Crippen molar-refractivity contribution in [2.75, 3.05) is 0 Å². The van der Waals surface area contributed by atoms with Crippen LogP contribution >= 0.6 is 0 Å². The SMILES string of the molecule is CC(C)(C)c1c(C(=O)O)cc(O)c(O)c1O. The molecule has 1 rings (SSSR count). The van der Waals surface area contributed by atoms with Gasteiger partial charge in [0, 0.05) is 5.56 Å². The molecule has 0 aromatic heterocycles. The molecular weight excluding hydrogens is 212 g/mol. The molecular formula is C11H14O5. The van der Waals surface area contributed by atoms with Crippen LogP contribution in [-0.4, -0.2) is 26.4 Å². The molecule has 88 valence electrons. The standard InChI is InChI=1S/C11H14O5/c1-11(2,3)7-5(10(15)16)4-6(12)8(13)9(7)14/h4,12-14H,1-3H3,(H,15,16). The lowest BCUT2D eigenvalue weighted by Crippen LogP contribution is -2.17. The van der Waals surface area contributed by atoms with Gasteiger partial charge in [-0.05, 0) is 11.5 Å². The van der Waals surface area contributed by atoms with E-state index in [0.717, 1.165) is 6.07 Å². The second kappa shape index (κ2) is 3.59. The van der Waals surface area contributed by atoms with Gasteiger partial charge in [-0.1, -0.05) is 20.8 Å². The first kappa shape index (κ1) is 12.2. The number of carboxylic acids is 1. The van der Waals surface area contributed by atoms with E-state index in [-0.39, 0.29) is 11.1 Å². The Hall–Kier alpha value is -1.91. The number of benzene rings is 1. The number of rotatable bonds is 1. The molecule has 0 atom stereocenters. The molecule has 0 aliphatic rings.